The SMILES string of the molecule is COc1ccc(S(=O)(=O)N2CCC3(CC2)C[C@H]3c2nnc(-c3ccccc3)o2)c(C)c1. The molecule has 2 aliphatic rings. The second kappa shape index (κ2) is 7.46. The summed E-state index contributed by atoms with van der Waals surface area (Å²) in [6.07, 6.45) is 2.57. The molecule has 1 aromatic heterocycles. The lowest BCUT2D eigenvalue weighted by Crippen LogP contribution is -2.39. The predicted octanol–water partition coefficient (Wildman–Crippen LogP) is 4.01. The van der Waals surface area contributed by atoms with Crippen molar-refractivity contribution < 1.29 is 17.6 Å². The van der Waals surface area contributed by atoms with Crippen molar-refractivity contribution in [3.8, 4) is 17.2 Å². The van der Waals surface area contributed by atoms with E-state index in [0.717, 1.165) is 24.8 Å². The minimum atomic E-state index is -3.53. The van der Waals surface area contributed by atoms with Crippen molar-refractivity contribution >= 4 is 10.0 Å². The lowest BCUT2D eigenvalue weighted by atomic mass is 9.92. The largest absolute Gasteiger partial charge is 0.497 e. The third-order valence-corrected chi connectivity index (χ3v) is 8.73. The van der Waals surface area contributed by atoms with Gasteiger partial charge in [0.15, 0.2) is 0 Å². The Balaban J connectivity index is 1.28. The van der Waals surface area contributed by atoms with E-state index in [9.17, 15) is 8.42 Å². The van der Waals surface area contributed by atoms with Crippen LogP contribution in [-0.2, 0) is 10.0 Å². The van der Waals surface area contributed by atoms with E-state index < -0.39 is 10.0 Å². The van der Waals surface area contributed by atoms with Gasteiger partial charge in [0.25, 0.3) is 0 Å². The van der Waals surface area contributed by atoms with E-state index in [-0.39, 0.29) is 11.3 Å². The van der Waals surface area contributed by atoms with Gasteiger partial charge < -0.3 is 9.15 Å². The Kier molecular flexibility index (Phi) is 4.86. The summed E-state index contributed by atoms with van der Waals surface area (Å²) in [5.41, 5.74) is 1.68. The van der Waals surface area contributed by atoms with Gasteiger partial charge in [-0.25, -0.2) is 8.42 Å². The van der Waals surface area contributed by atoms with Crippen LogP contribution in [0.4, 0.5) is 0 Å². The number of sulfonamides is 1. The number of benzene rings is 2. The summed E-state index contributed by atoms with van der Waals surface area (Å²) in [5, 5.41) is 8.50. The lowest BCUT2D eigenvalue weighted by Gasteiger charge is -2.32. The average Bonchev–Trinajstić information content (AvgIpc) is 3.25. The van der Waals surface area contributed by atoms with E-state index in [2.05, 4.69) is 10.2 Å². The standard InChI is InChI=1S/C23H25N3O4S/c1-16-14-18(29-2)8-9-20(16)31(27,28)26-12-10-23(11-13-26)15-19(23)22-25-24-21(30-22)17-6-4-3-5-7-17/h3-9,14,19H,10-13,15H2,1-2H3/t19-/m0/s1. The maximum Gasteiger partial charge on any atom is 0.247 e. The zero-order valence-corrected chi connectivity index (χ0v) is 18.4. The third-order valence-electron chi connectivity index (χ3n) is 6.67. The first kappa shape index (κ1) is 20.2. The van der Waals surface area contributed by atoms with Gasteiger partial charge in [0.2, 0.25) is 21.8 Å². The number of aromatic nitrogens is 2. The maximum absolute atomic E-state index is 13.2. The summed E-state index contributed by atoms with van der Waals surface area (Å²) in [6, 6.07) is 14.8. The molecule has 1 aliphatic carbocycles. The number of hydrogen-bond acceptors (Lipinski definition) is 6. The van der Waals surface area contributed by atoms with E-state index in [1.54, 1.807) is 36.5 Å². The third kappa shape index (κ3) is 3.53. The van der Waals surface area contributed by atoms with Crippen molar-refractivity contribution in [2.24, 2.45) is 5.41 Å². The van der Waals surface area contributed by atoms with Crippen LogP contribution in [0.1, 0.15) is 36.6 Å². The van der Waals surface area contributed by atoms with Gasteiger partial charge in [-0.05, 0) is 67.5 Å². The fraction of sp³-hybridized carbons (Fsp3) is 0.391. The zero-order valence-electron chi connectivity index (χ0n) is 17.6. The van der Waals surface area contributed by atoms with Crippen LogP contribution in [0, 0.1) is 12.3 Å². The smallest absolute Gasteiger partial charge is 0.247 e. The van der Waals surface area contributed by atoms with E-state index in [4.69, 9.17) is 9.15 Å². The predicted molar refractivity (Wildman–Crippen MR) is 115 cm³/mol. The molecule has 1 saturated heterocycles. The molecule has 1 aliphatic heterocycles. The molecule has 2 aromatic carbocycles. The molecule has 8 heteroatoms. The Hall–Kier alpha value is -2.71. The molecule has 3 aromatic rings. The highest BCUT2D eigenvalue weighted by Crippen LogP contribution is 2.64. The summed E-state index contributed by atoms with van der Waals surface area (Å²) in [5.74, 6) is 2.07. The summed E-state index contributed by atoms with van der Waals surface area (Å²) in [7, 11) is -1.95. The molecule has 0 N–H and O–H groups in total. The van der Waals surface area contributed by atoms with Gasteiger partial charge >= 0.3 is 0 Å². The van der Waals surface area contributed by atoms with Gasteiger partial charge in [0, 0.05) is 24.6 Å². The highest BCUT2D eigenvalue weighted by atomic mass is 32.2. The molecule has 1 saturated carbocycles. The molecule has 2 fully saturated rings. The topological polar surface area (TPSA) is 85.5 Å². The summed E-state index contributed by atoms with van der Waals surface area (Å²) in [6.45, 7) is 2.81. The van der Waals surface area contributed by atoms with Crippen molar-refractivity contribution in [3.05, 3.63) is 60.0 Å². The lowest BCUT2D eigenvalue weighted by molar-refractivity contribution is 0.246. The van der Waals surface area contributed by atoms with Gasteiger partial charge in [0.1, 0.15) is 5.75 Å². The first-order valence-corrected chi connectivity index (χ1v) is 11.9. The van der Waals surface area contributed by atoms with Gasteiger partial charge in [0.05, 0.1) is 12.0 Å². The second-order valence-corrected chi connectivity index (χ2v) is 10.4. The number of piperidine rings is 1. The van der Waals surface area contributed by atoms with Crippen molar-refractivity contribution in [1.29, 1.82) is 0 Å². The molecule has 2 heterocycles. The van der Waals surface area contributed by atoms with E-state index in [0.29, 0.717) is 41.1 Å². The Morgan fingerprint density at radius 1 is 1.10 bits per heavy atom. The molecule has 5 rings (SSSR count). The number of methoxy groups -OCH3 is 1. The number of hydrogen-bond donors (Lipinski definition) is 0. The Morgan fingerprint density at radius 2 is 1.84 bits per heavy atom. The summed E-state index contributed by atoms with van der Waals surface area (Å²) < 4.78 is 39.1. The van der Waals surface area contributed by atoms with Gasteiger partial charge in [-0.2, -0.15) is 4.31 Å². The van der Waals surface area contributed by atoms with Crippen LogP contribution in [-0.4, -0.2) is 43.1 Å². The quantitative estimate of drug-likeness (QED) is 0.597. The molecular formula is C23H25N3O4S. The molecule has 1 spiro atoms. The van der Waals surface area contributed by atoms with Crippen molar-refractivity contribution in [2.45, 2.75) is 37.0 Å². The Morgan fingerprint density at radius 3 is 2.52 bits per heavy atom. The maximum atomic E-state index is 13.2. The van der Waals surface area contributed by atoms with Crippen molar-refractivity contribution in [3.63, 3.8) is 0 Å². The zero-order chi connectivity index (χ0) is 21.6. The molecule has 0 amide bonds. The Bertz CT molecular complexity index is 1200. The van der Waals surface area contributed by atoms with Crippen molar-refractivity contribution in [2.75, 3.05) is 20.2 Å². The average molecular weight is 440 g/mol. The molecule has 1 atom stereocenters. The molecule has 7 nitrogen and oxygen atoms in total. The highest BCUT2D eigenvalue weighted by Gasteiger charge is 2.59. The molecule has 162 valence electrons. The number of ether oxygens (including phenoxy) is 1. The normalized spacial score (nSPS) is 20.6. The van der Waals surface area contributed by atoms with Crippen LogP contribution in [0.3, 0.4) is 0 Å². The number of rotatable bonds is 5. The van der Waals surface area contributed by atoms with Crippen LogP contribution in [0.25, 0.3) is 11.5 Å². The van der Waals surface area contributed by atoms with Gasteiger partial charge in [-0.3, -0.25) is 0 Å². The fourth-order valence-corrected chi connectivity index (χ4v) is 6.32. The first-order chi connectivity index (χ1) is 14.9. The molecule has 0 unspecified atom stereocenters. The fourth-order valence-electron chi connectivity index (χ4n) is 4.67. The van der Waals surface area contributed by atoms with Crippen LogP contribution in [0.5, 0.6) is 5.75 Å². The second-order valence-electron chi connectivity index (χ2n) is 8.47. The monoisotopic (exact) mass is 439 g/mol. The molecule has 31 heavy (non-hydrogen) atoms. The summed E-state index contributed by atoms with van der Waals surface area (Å²) in [4.78, 5) is 0.348. The van der Waals surface area contributed by atoms with Crippen molar-refractivity contribution in [1.82, 2.24) is 14.5 Å². The molecule has 0 radical (unpaired) electrons. The van der Waals surface area contributed by atoms with E-state index in [1.165, 1.54) is 0 Å². The van der Waals surface area contributed by atoms with Crippen LogP contribution in [0.2, 0.25) is 0 Å². The minimum absolute atomic E-state index is 0.0709. The van der Waals surface area contributed by atoms with Crippen LogP contribution >= 0.6 is 0 Å². The first-order valence-electron chi connectivity index (χ1n) is 10.5. The number of aryl methyl sites for hydroxylation is 1. The minimum Gasteiger partial charge on any atom is -0.497 e. The van der Waals surface area contributed by atoms with Crippen LogP contribution in [0.15, 0.2) is 57.8 Å². The van der Waals surface area contributed by atoms with E-state index >= 15 is 0 Å². The summed E-state index contributed by atoms with van der Waals surface area (Å²) >= 11 is 0. The number of nitrogens with zero attached hydrogens (tertiary/aromatic N) is 3. The van der Waals surface area contributed by atoms with E-state index in [1.807, 2.05) is 30.3 Å². The Labute approximate surface area is 182 Å². The highest BCUT2D eigenvalue weighted by molar-refractivity contribution is 7.89. The molecular weight excluding hydrogens is 414 g/mol. The van der Waals surface area contributed by atoms with Gasteiger partial charge in [-0.1, -0.05) is 18.2 Å². The molecule has 0 bridgehead atoms. The van der Waals surface area contributed by atoms with Gasteiger partial charge in [-0.15, -0.1) is 10.2 Å². The van der Waals surface area contributed by atoms with Crippen LogP contribution < -0.4 is 4.74 Å².